The maximum Gasteiger partial charge on any atom is 0.315 e. The van der Waals surface area contributed by atoms with Crippen molar-refractivity contribution in [3.8, 4) is 0 Å². The van der Waals surface area contributed by atoms with Gasteiger partial charge in [0.1, 0.15) is 0 Å². The Bertz CT molecular complexity index is 1270. The molecule has 2 aromatic carbocycles. The van der Waals surface area contributed by atoms with E-state index in [4.69, 9.17) is 9.47 Å². The molecule has 2 amide bonds. The molecule has 1 heterocycles. The SMILES string of the molecule is C=CCN(CC1CC(c2ccc(CO)cc2)OC(c2ccc(CNC(=O)NC34CC5CC(CC(C5)C3)C4)cc2)O1)C1CCCC1. The van der Waals surface area contributed by atoms with Gasteiger partial charge in [0.25, 0.3) is 0 Å². The number of hydrogen-bond acceptors (Lipinski definition) is 5. The lowest BCUT2D eigenvalue weighted by Crippen LogP contribution is -2.61. The summed E-state index contributed by atoms with van der Waals surface area (Å²) in [6.07, 6.45) is 14.8. The molecule has 0 spiro atoms. The Balaban J connectivity index is 0.999. The van der Waals surface area contributed by atoms with E-state index in [1.165, 1.54) is 44.9 Å². The normalized spacial score (nSPS) is 32.6. The van der Waals surface area contributed by atoms with Crippen molar-refractivity contribution in [3.05, 3.63) is 83.4 Å². The van der Waals surface area contributed by atoms with Crippen LogP contribution in [0.4, 0.5) is 4.79 Å². The molecule has 8 rings (SSSR count). The summed E-state index contributed by atoms with van der Waals surface area (Å²) in [5.74, 6) is 2.42. The predicted octanol–water partition coefficient (Wildman–Crippen LogP) is 6.92. The summed E-state index contributed by atoms with van der Waals surface area (Å²) in [6.45, 7) is 6.27. The number of carbonyl (C=O) groups is 1. The molecule has 1 saturated heterocycles. The quantitative estimate of drug-likeness (QED) is 0.240. The minimum Gasteiger partial charge on any atom is -0.392 e. The van der Waals surface area contributed by atoms with Crippen molar-refractivity contribution in [3.63, 3.8) is 0 Å². The number of hydrogen-bond donors (Lipinski definition) is 3. The summed E-state index contributed by atoms with van der Waals surface area (Å²) >= 11 is 0. The third kappa shape index (κ3) is 7.17. The average molecular weight is 614 g/mol. The lowest BCUT2D eigenvalue weighted by molar-refractivity contribution is -0.253. The van der Waals surface area contributed by atoms with Crippen molar-refractivity contribution >= 4 is 6.03 Å². The van der Waals surface area contributed by atoms with Crippen LogP contribution in [0.3, 0.4) is 0 Å². The first kappa shape index (κ1) is 30.9. The summed E-state index contributed by atoms with van der Waals surface area (Å²) in [6, 6.07) is 16.9. The number of nitrogens with one attached hydrogen (secondary N) is 2. The van der Waals surface area contributed by atoms with Crippen molar-refractivity contribution in [1.82, 2.24) is 15.5 Å². The number of nitrogens with zero attached hydrogens (tertiary/aromatic N) is 1. The van der Waals surface area contributed by atoms with Gasteiger partial charge in [-0.25, -0.2) is 4.79 Å². The first-order chi connectivity index (χ1) is 22.0. The van der Waals surface area contributed by atoms with Crippen LogP contribution < -0.4 is 10.6 Å². The second-order valence-electron chi connectivity index (χ2n) is 14.8. The minimum atomic E-state index is -0.484. The van der Waals surface area contributed by atoms with Crippen molar-refractivity contribution in [2.45, 2.75) is 114 Å². The van der Waals surface area contributed by atoms with E-state index in [9.17, 15) is 9.90 Å². The van der Waals surface area contributed by atoms with E-state index in [0.29, 0.717) is 12.6 Å². The zero-order valence-electron chi connectivity index (χ0n) is 26.7. The molecule has 6 aliphatic rings. The van der Waals surface area contributed by atoms with Crippen LogP contribution in [0.5, 0.6) is 0 Å². The predicted molar refractivity (Wildman–Crippen MR) is 175 cm³/mol. The third-order valence-electron chi connectivity index (χ3n) is 11.4. The van der Waals surface area contributed by atoms with E-state index in [1.54, 1.807) is 0 Å². The molecule has 7 heteroatoms. The number of benzene rings is 2. The Morgan fingerprint density at radius 3 is 2.13 bits per heavy atom. The van der Waals surface area contributed by atoms with E-state index in [2.05, 4.69) is 58.5 Å². The molecular weight excluding hydrogens is 562 g/mol. The maximum atomic E-state index is 13.0. The molecule has 0 aromatic heterocycles. The van der Waals surface area contributed by atoms with Gasteiger partial charge in [0.2, 0.25) is 0 Å². The van der Waals surface area contributed by atoms with Gasteiger partial charge in [-0.3, -0.25) is 4.90 Å². The van der Waals surface area contributed by atoms with Crippen molar-refractivity contribution < 1.29 is 19.4 Å². The smallest absolute Gasteiger partial charge is 0.315 e. The molecule has 5 saturated carbocycles. The molecule has 3 unspecified atom stereocenters. The number of urea groups is 1. The number of rotatable bonds is 11. The number of ether oxygens (including phenoxy) is 2. The first-order valence-corrected chi connectivity index (χ1v) is 17.5. The van der Waals surface area contributed by atoms with Gasteiger partial charge in [0, 0.05) is 43.2 Å². The molecule has 3 N–H and O–H groups in total. The van der Waals surface area contributed by atoms with E-state index >= 15 is 0 Å². The fourth-order valence-corrected chi connectivity index (χ4v) is 9.63. The van der Waals surface area contributed by atoms with Gasteiger partial charge >= 0.3 is 6.03 Å². The van der Waals surface area contributed by atoms with Crippen LogP contribution >= 0.6 is 0 Å². The van der Waals surface area contributed by atoms with Crippen molar-refractivity contribution in [2.75, 3.05) is 13.1 Å². The maximum absolute atomic E-state index is 13.0. The van der Waals surface area contributed by atoms with E-state index < -0.39 is 6.29 Å². The fourth-order valence-electron chi connectivity index (χ4n) is 9.63. The van der Waals surface area contributed by atoms with E-state index in [-0.39, 0.29) is 30.4 Å². The van der Waals surface area contributed by atoms with Crippen LogP contribution in [0.25, 0.3) is 0 Å². The Morgan fingerprint density at radius 1 is 0.889 bits per heavy atom. The van der Waals surface area contributed by atoms with Gasteiger partial charge in [-0.15, -0.1) is 6.58 Å². The van der Waals surface area contributed by atoms with Gasteiger partial charge in [0.15, 0.2) is 6.29 Å². The molecule has 7 nitrogen and oxygen atoms in total. The monoisotopic (exact) mass is 613 g/mol. The van der Waals surface area contributed by atoms with Gasteiger partial charge in [-0.2, -0.15) is 0 Å². The van der Waals surface area contributed by atoms with Crippen LogP contribution in [-0.2, 0) is 22.6 Å². The summed E-state index contributed by atoms with van der Waals surface area (Å²) < 4.78 is 13.3. The highest BCUT2D eigenvalue weighted by Crippen LogP contribution is 2.55. The number of aliphatic hydroxyl groups excluding tert-OH is 1. The molecule has 242 valence electrons. The third-order valence-corrected chi connectivity index (χ3v) is 11.4. The summed E-state index contributed by atoms with van der Waals surface area (Å²) in [5, 5.41) is 16.1. The largest absolute Gasteiger partial charge is 0.392 e. The zero-order valence-corrected chi connectivity index (χ0v) is 26.7. The van der Waals surface area contributed by atoms with Crippen molar-refractivity contribution in [1.29, 1.82) is 0 Å². The van der Waals surface area contributed by atoms with Gasteiger partial charge in [-0.1, -0.05) is 67.4 Å². The molecule has 45 heavy (non-hydrogen) atoms. The fraction of sp³-hybridized carbons (Fsp3) is 0.605. The molecule has 4 bridgehead atoms. The van der Waals surface area contributed by atoms with Crippen molar-refractivity contribution in [2.24, 2.45) is 17.8 Å². The zero-order chi connectivity index (χ0) is 30.8. The molecule has 1 aliphatic heterocycles. The number of carbonyl (C=O) groups excluding carboxylic acids is 1. The topological polar surface area (TPSA) is 83.1 Å². The van der Waals surface area contributed by atoms with Crippen LogP contribution in [0.2, 0.25) is 0 Å². The highest BCUT2D eigenvalue weighted by atomic mass is 16.7. The lowest BCUT2D eigenvalue weighted by Gasteiger charge is -2.56. The summed E-state index contributed by atoms with van der Waals surface area (Å²) in [4.78, 5) is 15.5. The van der Waals surface area contributed by atoms with Gasteiger partial charge in [0.05, 0.1) is 18.8 Å². The molecule has 5 aliphatic carbocycles. The highest BCUT2D eigenvalue weighted by molar-refractivity contribution is 5.75. The van der Waals surface area contributed by atoms with Crippen LogP contribution in [0.1, 0.15) is 105 Å². The molecule has 3 atom stereocenters. The van der Waals surface area contributed by atoms with E-state index in [1.807, 2.05) is 18.2 Å². The number of aliphatic hydroxyl groups is 1. The van der Waals surface area contributed by atoms with Crippen LogP contribution in [-0.4, -0.2) is 46.8 Å². The van der Waals surface area contributed by atoms with E-state index in [0.717, 1.165) is 78.8 Å². The Hall–Kier alpha value is -2.71. The van der Waals surface area contributed by atoms with Crippen LogP contribution in [0, 0.1) is 17.8 Å². The minimum absolute atomic E-state index is 0.0152. The highest BCUT2D eigenvalue weighted by Gasteiger charge is 2.51. The van der Waals surface area contributed by atoms with Gasteiger partial charge in [-0.05, 0) is 85.8 Å². The summed E-state index contributed by atoms with van der Waals surface area (Å²) in [7, 11) is 0. The molecule has 2 aromatic rings. The summed E-state index contributed by atoms with van der Waals surface area (Å²) in [5.41, 5.74) is 4.06. The standard InChI is InChI=1S/C38H51N3O4/c1-2-15-41(33-5-3-4-6-33)24-34-19-35(31-11-9-27(25-42)10-12-31)45-36(44-34)32-13-7-26(8-14-32)23-39-37(43)40-38-20-28-16-29(21-38)18-30(17-28)22-38/h2,7-14,28-30,33-36,42H,1,3-6,15-25H2,(H2,39,40,43). The first-order valence-electron chi connectivity index (χ1n) is 17.5. The van der Waals surface area contributed by atoms with Crippen LogP contribution in [0.15, 0.2) is 61.2 Å². The number of amides is 2. The average Bonchev–Trinajstić information content (AvgIpc) is 3.58. The Labute approximate surface area is 268 Å². The molecular formula is C38H51N3O4. The molecule has 6 fully saturated rings. The lowest BCUT2D eigenvalue weighted by atomic mass is 9.53. The van der Waals surface area contributed by atoms with Gasteiger partial charge < -0.3 is 25.2 Å². The second-order valence-corrected chi connectivity index (χ2v) is 14.8. The second kappa shape index (κ2) is 13.6. The Morgan fingerprint density at radius 2 is 1.51 bits per heavy atom. The molecule has 0 radical (unpaired) electrons. The Kier molecular flexibility index (Phi) is 9.32.